The lowest BCUT2D eigenvalue weighted by molar-refractivity contribution is -0.124. The molecule has 0 fully saturated rings. The van der Waals surface area contributed by atoms with Gasteiger partial charge in [-0.1, -0.05) is 24.3 Å². The average molecular weight is 374 g/mol. The van der Waals surface area contributed by atoms with Gasteiger partial charge in [0.2, 0.25) is 11.8 Å². The maximum Gasteiger partial charge on any atom is 0.238 e. The summed E-state index contributed by atoms with van der Waals surface area (Å²) < 4.78 is 0. The molecule has 1 aliphatic carbocycles. The fraction of sp³-hybridized carbons (Fsp3) is 0.318. The molecular weight excluding hydrogens is 352 g/mol. The summed E-state index contributed by atoms with van der Waals surface area (Å²) in [6.07, 6.45) is 3.00. The van der Waals surface area contributed by atoms with Crippen molar-refractivity contribution in [2.24, 2.45) is 0 Å². The van der Waals surface area contributed by atoms with Crippen molar-refractivity contribution >= 4 is 17.5 Å². The lowest BCUT2D eigenvalue weighted by Crippen LogP contribution is -2.42. The predicted molar refractivity (Wildman–Crippen MR) is 105 cm³/mol. The Kier molecular flexibility index (Phi) is 5.09. The number of anilines is 1. The number of amides is 2. The molecule has 2 N–H and O–H groups in total. The maximum atomic E-state index is 12.6. The lowest BCUT2D eigenvalue weighted by atomic mass is 9.86. The fourth-order valence-corrected chi connectivity index (χ4v) is 4.17. The van der Waals surface area contributed by atoms with Gasteiger partial charge < -0.3 is 10.6 Å². The summed E-state index contributed by atoms with van der Waals surface area (Å²) in [5, 5.41) is 14.9. The third-order valence-electron chi connectivity index (χ3n) is 5.41. The van der Waals surface area contributed by atoms with Crippen molar-refractivity contribution in [3.63, 3.8) is 0 Å². The van der Waals surface area contributed by atoms with Gasteiger partial charge in [0, 0.05) is 18.3 Å². The number of aryl methyl sites for hydroxylation is 1. The van der Waals surface area contributed by atoms with Crippen LogP contribution in [-0.4, -0.2) is 29.8 Å². The average Bonchev–Trinajstić information content (AvgIpc) is 2.84. The van der Waals surface area contributed by atoms with Gasteiger partial charge in [-0.25, -0.2) is 0 Å². The van der Waals surface area contributed by atoms with Crippen molar-refractivity contribution in [1.29, 1.82) is 5.26 Å². The van der Waals surface area contributed by atoms with Gasteiger partial charge in [0.15, 0.2) is 0 Å². The fourth-order valence-electron chi connectivity index (χ4n) is 4.17. The Balaban J connectivity index is 1.47. The zero-order chi connectivity index (χ0) is 19.5. The molecule has 6 heteroatoms. The third kappa shape index (κ3) is 3.75. The SMILES string of the molecule is N#Cc1cccc(CNC(=O)CN2CC(=O)Nc3cccc4c3C2CCC4)c1. The smallest absolute Gasteiger partial charge is 0.238 e. The second-order valence-electron chi connectivity index (χ2n) is 7.33. The zero-order valence-electron chi connectivity index (χ0n) is 15.6. The van der Waals surface area contributed by atoms with E-state index in [9.17, 15) is 9.59 Å². The van der Waals surface area contributed by atoms with E-state index in [1.807, 2.05) is 23.1 Å². The highest BCUT2D eigenvalue weighted by Crippen LogP contribution is 2.40. The first-order valence-electron chi connectivity index (χ1n) is 9.55. The van der Waals surface area contributed by atoms with Gasteiger partial charge in [-0.05, 0) is 54.2 Å². The molecule has 1 aliphatic heterocycles. The van der Waals surface area contributed by atoms with Crippen LogP contribution < -0.4 is 10.6 Å². The molecule has 0 spiro atoms. The molecule has 2 amide bonds. The molecule has 2 aromatic rings. The van der Waals surface area contributed by atoms with E-state index in [1.54, 1.807) is 18.2 Å². The largest absolute Gasteiger partial charge is 0.351 e. The highest BCUT2D eigenvalue weighted by Gasteiger charge is 2.33. The van der Waals surface area contributed by atoms with Crippen LogP contribution >= 0.6 is 0 Å². The first-order valence-corrected chi connectivity index (χ1v) is 9.55. The van der Waals surface area contributed by atoms with E-state index in [2.05, 4.69) is 22.8 Å². The van der Waals surface area contributed by atoms with E-state index in [0.29, 0.717) is 12.1 Å². The number of hydrogen-bond donors (Lipinski definition) is 2. The topological polar surface area (TPSA) is 85.2 Å². The third-order valence-corrected chi connectivity index (χ3v) is 5.41. The molecular formula is C22H22N4O2. The Hall–Kier alpha value is -3.17. The number of nitrogens with zero attached hydrogens (tertiary/aromatic N) is 2. The Morgan fingerprint density at radius 1 is 1.29 bits per heavy atom. The molecule has 0 radical (unpaired) electrons. The first-order chi connectivity index (χ1) is 13.6. The maximum absolute atomic E-state index is 12.6. The quantitative estimate of drug-likeness (QED) is 0.861. The van der Waals surface area contributed by atoms with Gasteiger partial charge in [-0.2, -0.15) is 5.26 Å². The summed E-state index contributed by atoms with van der Waals surface area (Å²) in [6.45, 7) is 0.737. The summed E-state index contributed by atoms with van der Waals surface area (Å²) in [5.41, 5.74) is 4.75. The van der Waals surface area contributed by atoms with Gasteiger partial charge in [-0.3, -0.25) is 14.5 Å². The highest BCUT2D eigenvalue weighted by molar-refractivity contribution is 5.94. The molecule has 0 bridgehead atoms. The van der Waals surface area contributed by atoms with Crippen LogP contribution in [0.3, 0.4) is 0 Å². The van der Waals surface area contributed by atoms with Gasteiger partial charge in [-0.15, -0.1) is 0 Å². The van der Waals surface area contributed by atoms with Crippen molar-refractivity contribution in [2.45, 2.75) is 31.8 Å². The minimum atomic E-state index is -0.123. The molecule has 2 aliphatic rings. The number of nitrogens with one attached hydrogen (secondary N) is 2. The molecule has 0 aromatic heterocycles. The number of nitriles is 1. The summed E-state index contributed by atoms with van der Waals surface area (Å²) in [7, 11) is 0. The number of carbonyl (C=O) groups is 2. The summed E-state index contributed by atoms with van der Waals surface area (Å²) in [6, 6.07) is 15.4. The van der Waals surface area contributed by atoms with Gasteiger partial charge >= 0.3 is 0 Å². The van der Waals surface area contributed by atoms with Crippen LogP contribution in [0.4, 0.5) is 5.69 Å². The van der Waals surface area contributed by atoms with Crippen LogP contribution in [-0.2, 0) is 22.6 Å². The van der Waals surface area contributed by atoms with E-state index in [0.717, 1.165) is 36.1 Å². The Morgan fingerprint density at radius 2 is 2.14 bits per heavy atom. The van der Waals surface area contributed by atoms with E-state index >= 15 is 0 Å². The van der Waals surface area contributed by atoms with Gasteiger partial charge in [0.1, 0.15) is 0 Å². The second kappa shape index (κ2) is 7.83. The molecule has 6 nitrogen and oxygen atoms in total. The van der Waals surface area contributed by atoms with Crippen LogP contribution in [0.2, 0.25) is 0 Å². The van der Waals surface area contributed by atoms with Crippen molar-refractivity contribution in [2.75, 3.05) is 18.4 Å². The van der Waals surface area contributed by atoms with E-state index in [-0.39, 0.29) is 30.9 Å². The number of carbonyl (C=O) groups excluding carboxylic acids is 2. The molecule has 1 heterocycles. The van der Waals surface area contributed by atoms with Crippen LogP contribution in [0.25, 0.3) is 0 Å². The zero-order valence-corrected chi connectivity index (χ0v) is 15.6. The van der Waals surface area contributed by atoms with Crippen LogP contribution in [0.1, 0.15) is 41.1 Å². The molecule has 0 saturated carbocycles. The molecule has 1 atom stereocenters. The van der Waals surface area contributed by atoms with Gasteiger partial charge in [0.05, 0.1) is 24.7 Å². The van der Waals surface area contributed by atoms with Crippen molar-refractivity contribution in [3.05, 3.63) is 64.7 Å². The second-order valence-corrected chi connectivity index (χ2v) is 7.33. The van der Waals surface area contributed by atoms with Crippen molar-refractivity contribution < 1.29 is 9.59 Å². The van der Waals surface area contributed by atoms with Crippen LogP contribution in [0, 0.1) is 11.3 Å². The molecule has 2 aromatic carbocycles. The molecule has 4 rings (SSSR count). The number of benzene rings is 2. The lowest BCUT2D eigenvalue weighted by Gasteiger charge is -2.33. The Morgan fingerprint density at radius 3 is 3.00 bits per heavy atom. The van der Waals surface area contributed by atoms with E-state index in [4.69, 9.17) is 5.26 Å². The molecule has 28 heavy (non-hydrogen) atoms. The number of hydrogen-bond acceptors (Lipinski definition) is 4. The van der Waals surface area contributed by atoms with Gasteiger partial charge in [0.25, 0.3) is 0 Å². The van der Waals surface area contributed by atoms with Crippen LogP contribution in [0.5, 0.6) is 0 Å². The predicted octanol–water partition coefficient (Wildman–Crippen LogP) is 2.51. The van der Waals surface area contributed by atoms with Crippen LogP contribution in [0.15, 0.2) is 42.5 Å². The van der Waals surface area contributed by atoms with E-state index in [1.165, 1.54) is 5.56 Å². The summed E-state index contributed by atoms with van der Waals surface area (Å²) in [4.78, 5) is 26.9. The minimum absolute atomic E-state index is 0.0755. The normalized spacial score (nSPS) is 18.4. The summed E-state index contributed by atoms with van der Waals surface area (Å²) in [5.74, 6) is -0.209. The Labute approximate surface area is 164 Å². The highest BCUT2D eigenvalue weighted by atomic mass is 16.2. The first kappa shape index (κ1) is 18.2. The van der Waals surface area contributed by atoms with Crippen molar-refractivity contribution in [3.8, 4) is 6.07 Å². The summed E-state index contributed by atoms with van der Waals surface area (Å²) >= 11 is 0. The molecule has 142 valence electrons. The Bertz CT molecular complexity index is 963. The molecule has 1 unspecified atom stereocenters. The monoisotopic (exact) mass is 374 g/mol. The molecule has 0 saturated heterocycles. The van der Waals surface area contributed by atoms with E-state index < -0.39 is 0 Å². The van der Waals surface area contributed by atoms with Crippen molar-refractivity contribution in [1.82, 2.24) is 10.2 Å². The standard InChI is InChI=1S/C22H22N4O2/c23-11-15-4-1-5-16(10-15)12-24-20(27)13-26-14-21(28)25-18-8-2-6-17-7-3-9-19(26)22(17)18/h1-2,4-6,8,10,19H,3,7,9,12-14H2,(H,24,27)(H,25,28). The number of rotatable bonds is 4. The minimum Gasteiger partial charge on any atom is -0.351 e.